The number of nitrogens with one attached hydrogen (secondary N) is 5. The first-order chi connectivity index (χ1) is 29.3. The summed E-state index contributed by atoms with van der Waals surface area (Å²) in [5.41, 5.74) is -7.23. The van der Waals surface area contributed by atoms with E-state index < -0.39 is 194 Å². The maximum atomic E-state index is 15.9. The van der Waals surface area contributed by atoms with Gasteiger partial charge < -0.3 is 30.6 Å². The second kappa shape index (κ2) is 17.7. The molecule has 0 saturated carbocycles. The molecule has 3 atom stereocenters. The first-order valence-corrected chi connectivity index (χ1v) is 24.8. The Morgan fingerprint density at radius 3 is 1.78 bits per heavy atom. The van der Waals surface area contributed by atoms with E-state index in [4.69, 9.17) is 4.42 Å². The van der Waals surface area contributed by atoms with E-state index >= 15 is 8.78 Å². The summed E-state index contributed by atoms with van der Waals surface area (Å²) in [7, 11) is -27.6. The lowest BCUT2D eigenvalue weighted by Crippen LogP contribution is -2.60. The van der Waals surface area contributed by atoms with Crippen LogP contribution < -0.4 is 30.8 Å². The molecule has 10 N–H and O–H groups in total. The molecule has 64 heavy (non-hydrogen) atoms. The van der Waals surface area contributed by atoms with Gasteiger partial charge in [0.05, 0.1) is 0 Å². The number of sulfonamides is 2. The summed E-state index contributed by atoms with van der Waals surface area (Å²) >= 11 is 0. The molecule has 2 aromatic rings. The van der Waals surface area contributed by atoms with E-state index in [-0.39, 0.29) is 0 Å². The maximum absolute atomic E-state index is 15.9. The van der Waals surface area contributed by atoms with Crippen molar-refractivity contribution in [3.8, 4) is 28.2 Å². The van der Waals surface area contributed by atoms with Gasteiger partial charge in [0.1, 0.15) is 58.3 Å². The van der Waals surface area contributed by atoms with Crippen LogP contribution in [-0.4, -0.2) is 138 Å². The molecule has 0 fully saturated rings. The number of phenolic OH excluding ortho intramolecular Hbond substituents is 1. The molecule has 2 aromatic carbocycles. The van der Waals surface area contributed by atoms with Gasteiger partial charge in [0.25, 0.3) is 30.4 Å². The summed E-state index contributed by atoms with van der Waals surface area (Å²) in [6, 6.07) is -4.94. The third-order valence-corrected chi connectivity index (χ3v) is 14.0. The molecule has 26 nitrogen and oxygen atoms in total. The molecule has 2 heterocycles. The van der Waals surface area contributed by atoms with Crippen LogP contribution >= 0.6 is 0 Å². The van der Waals surface area contributed by atoms with Crippen molar-refractivity contribution < 1.29 is 98.3 Å². The molecule has 5 rings (SSSR count). The highest BCUT2D eigenvalue weighted by molar-refractivity contribution is 7.90. The number of aromatic carboxylic acids is 1. The number of carboxylic acid groups (broad SMARTS) is 1. The summed E-state index contributed by atoms with van der Waals surface area (Å²) in [6.07, 6.45) is 0. The highest BCUT2D eigenvalue weighted by Crippen LogP contribution is 2.47. The van der Waals surface area contributed by atoms with Crippen molar-refractivity contribution >= 4 is 85.1 Å². The highest BCUT2D eigenvalue weighted by atomic mass is 32.2. The van der Waals surface area contributed by atoms with E-state index in [1.165, 1.54) is 10.0 Å². The van der Waals surface area contributed by atoms with E-state index in [0.29, 0.717) is 30.3 Å². The lowest BCUT2D eigenvalue weighted by molar-refractivity contribution is -0.131. The monoisotopic (exact) mass is 1000 g/mol. The Bertz CT molecular complexity index is 3250. The normalized spacial score (nSPS) is 20.4. The summed E-state index contributed by atoms with van der Waals surface area (Å²) in [5, 5.41) is 25.3. The molecule has 3 unspecified atom stereocenters. The van der Waals surface area contributed by atoms with Crippen LogP contribution in [0, 0.1) is 11.6 Å². The van der Waals surface area contributed by atoms with Gasteiger partial charge in [-0.2, -0.15) is 30.0 Å². The molecular weight excluding hydrogens is 977 g/mol. The van der Waals surface area contributed by atoms with Crippen molar-refractivity contribution in [1.29, 1.82) is 0 Å². The molecule has 0 saturated heterocycles. The zero-order valence-corrected chi connectivity index (χ0v) is 35.4. The van der Waals surface area contributed by atoms with E-state index in [2.05, 4.69) is 0 Å². The molecule has 3 aliphatic rings. The van der Waals surface area contributed by atoms with Gasteiger partial charge in [-0.05, 0) is 36.4 Å². The summed E-state index contributed by atoms with van der Waals surface area (Å²) in [5.74, 6) is -19.3. The van der Waals surface area contributed by atoms with Crippen molar-refractivity contribution in [3.63, 3.8) is 0 Å². The van der Waals surface area contributed by atoms with Crippen LogP contribution in [0.4, 0.5) is 8.78 Å². The molecule has 2 bridgehead atoms. The third-order valence-electron chi connectivity index (χ3n) is 8.74. The van der Waals surface area contributed by atoms with Gasteiger partial charge >= 0.3 is 5.97 Å². The van der Waals surface area contributed by atoms with Crippen LogP contribution in [0.3, 0.4) is 0 Å². The number of halogens is 2. The molecule has 0 radical (unpaired) electrons. The molecule has 2 aliphatic heterocycles. The second-order valence-electron chi connectivity index (χ2n) is 13.4. The zero-order chi connectivity index (χ0) is 48.1. The predicted octanol–water partition coefficient (Wildman–Crippen LogP) is -3.07. The Balaban J connectivity index is 1.91. The number of benzene rings is 3. The first kappa shape index (κ1) is 49.2. The van der Waals surface area contributed by atoms with Crippen molar-refractivity contribution in [2.24, 2.45) is 0 Å². The Kier molecular flexibility index (Phi) is 13.6. The maximum Gasteiger partial charge on any atom is 0.339 e. The first-order valence-electron chi connectivity index (χ1n) is 17.0. The van der Waals surface area contributed by atoms with Crippen LogP contribution in [0.2, 0.25) is 0 Å². The van der Waals surface area contributed by atoms with Crippen molar-refractivity contribution in [2.75, 3.05) is 30.3 Å². The standard InChI is InChI=1S/C31H29F2N5O21S5/c32-14-3-4-15(33)23(31(44)45)22(14)21-12-1-5-19(39)26-24(12)59-25-13(21)2-6-20(40)27(25)64(57,58)38-18(11-62(52,53)54)30(43)37-17(10-61(49,50)51)29(42)36-16(9-60(46,47)48)28(41)34-7-8-35-63(26,55)56/h1-6,16-18,35,38,40H,7-11H2,(H,34,41)(H,36,42)(H,37,43)(H,44,45)(H,46,47,48)(H,49,50,51)(H,52,53,54). The average Bonchev–Trinajstić information content (AvgIpc) is 3.13. The number of hydrogen-bond acceptors (Lipinski definition) is 17. The van der Waals surface area contributed by atoms with Crippen LogP contribution in [0.25, 0.3) is 33.4 Å². The summed E-state index contributed by atoms with van der Waals surface area (Å²) in [6.45, 7) is -1.87. The van der Waals surface area contributed by atoms with E-state index in [1.54, 1.807) is 5.32 Å². The fraction of sp³-hybridized carbons (Fsp3) is 0.258. The topological polar surface area (TPSA) is 430 Å². The minimum Gasteiger partial charge on any atom is -0.506 e. The smallest absolute Gasteiger partial charge is 0.339 e. The van der Waals surface area contributed by atoms with Crippen molar-refractivity contribution in [1.82, 2.24) is 25.4 Å². The van der Waals surface area contributed by atoms with Crippen LogP contribution in [0.5, 0.6) is 5.75 Å². The van der Waals surface area contributed by atoms with Gasteiger partial charge in [-0.3, -0.25) is 32.8 Å². The number of phenols is 1. The molecule has 1 aliphatic carbocycles. The van der Waals surface area contributed by atoms with Gasteiger partial charge in [0.15, 0.2) is 21.1 Å². The van der Waals surface area contributed by atoms with E-state index in [0.717, 1.165) is 6.07 Å². The van der Waals surface area contributed by atoms with Gasteiger partial charge in [-0.25, -0.2) is 35.1 Å². The van der Waals surface area contributed by atoms with Crippen LogP contribution in [-0.2, 0) is 64.8 Å². The second-order valence-corrected chi connectivity index (χ2v) is 21.2. The fourth-order valence-electron chi connectivity index (χ4n) is 6.25. The number of hydrogen-bond donors (Lipinski definition) is 10. The highest BCUT2D eigenvalue weighted by Gasteiger charge is 2.40. The number of amides is 3. The van der Waals surface area contributed by atoms with Crippen molar-refractivity contribution in [2.45, 2.75) is 27.9 Å². The quantitative estimate of drug-likeness (QED) is 0.0618. The van der Waals surface area contributed by atoms with Crippen LogP contribution in [0.15, 0.2) is 55.4 Å². The minimum absolute atomic E-state index is 0.370. The number of rotatable bonds is 8. The largest absolute Gasteiger partial charge is 0.506 e. The third kappa shape index (κ3) is 10.9. The number of carboxylic acids is 1. The van der Waals surface area contributed by atoms with Gasteiger partial charge in [-0.1, -0.05) is 0 Å². The Hall–Kier alpha value is -5.78. The summed E-state index contributed by atoms with van der Waals surface area (Å²) in [4.78, 5) is 62.6. The van der Waals surface area contributed by atoms with Gasteiger partial charge in [-0.15, -0.1) is 0 Å². The number of carbonyl (C=O) groups excluding carboxylic acids is 3. The molecular formula is C31H29F2N5O21S5. The summed E-state index contributed by atoms with van der Waals surface area (Å²) < 4.78 is 196. The SMILES string of the molecule is O=C(O)c1c(F)ccc(F)c1-c1c2ccc(=O)c3c-2oc2c(c(O)ccc12)S(=O)(=O)NC(CS(=O)(=O)O)C(=O)NC(CS(=O)(=O)O)C(=O)NC(CS(=O)(=O)O)C(=O)NCCNS3(=O)=O. The van der Waals surface area contributed by atoms with Crippen molar-refractivity contribution in [3.05, 3.63) is 63.8 Å². The molecule has 348 valence electrons. The number of aromatic hydroxyl groups is 1. The molecule has 33 heteroatoms. The Morgan fingerprint density at radius 2 is 1.22 bits per heavy atom. The molecule has 0 aromatic heterocycles. The Labute approximate surface area is 357 Å². The van der Waals surface area contributed by atoms with E-state index in [1.807, 2.05) is 10.0 Å². The average molecular weight is 1010 g/mol. The minimum atomic E-state index is -5.92. The lowest BCUT2D eigenvalue weighted by atomic mass is 9.90. The van der Waals surface area contributed by atoms with Gasteiger partial charge in [0, 0.05) is 35.2 Å². The Morgan fingerprint density at radius 1 is 0.688 bits per heavy atom. The number of carbonyl (C=O) groups is 4. The van der Waals surface area contributed by atoms with Crippen LogP contribution in [0.1, 0.15) is 10.4 Å². The fourth-order valence-corrected chi connectivity index (χ4v) is 11.0. The van der Waals surface area contributed by atoms with Gasteiger partial charge in [0.2, 0.25) is 43.2 Å². The predicted molar refractivity (Wildman–Crippen MR) is 208 cm³/mol. The molecule has 3 amide bonds. The molecule has 0 spiro atoms. The van der Waals surface area contributed by atoms with E-state index in [9.17, 15) is 89.9 Å². The zero-order valence-electron chi connectivity index (χ0n) is 31.3. The lowest BCUT2D eigenvalue weighted by Gasteiger charge is -2.25.